The van der Waals surface area contributed by atoms with Gasteiger partial charge in [-0.3, -0.25) is 9.59 Å². The predicted molar refractivity (Wildman–Crippen MR) is 187 cm³/mol. The number of rotatable bonds is 0. The molecule has 0 spiro atoms. The zero-order valence-electron chi connectivity index (χ0n) is 25.9. The van der Waals surface area contributed by atoms with Gasteiger partial charge in [0, 0.05) is 37.5 Å². The van der Waals surface area contributed by atoms with Crippen molar-refractivity contribution < 1.29 is 9.59 Å². The molecule has 0 radical (unpaired) electrons. The van der Waals surface area contributed by atoms with E-state index in [4.69, 9.17) is 0 Å². The Labute approximate surface area is 266 Å². The summed E-state index contributed by atoms with van der Waals surface area (Å²) in [5, 5.41) is 0. The van der Waals surface area contributed by atoms with E-state index in [1.54, 1.807) is 0 Å². The maximum absolute atomic E-state index is 13.6. The molecule has 0 aromatic heterocycles. The monoisotopic (exact) mass is 620 g/mol. The molecule has 3 fully saturated rings. The van der Waals surface area contributed by atoms with Gasteiger partial charge in [0.1, 0.15) is 11.6 Å². The molecule has 3 heterocycles. The van der Waals surface area contributed by atoms with Crippen molar-refractivity contribution in [3.05, 3.63) is 94.1 Å². The van der Waals surface area contributed by atoms with Gasteiger partial charge < -0.3 is 0 Å². The topological polar surface area (TPSA) is 34.1 Å². The summed E-state index contributed by atoms with van der Waals surface area (Å²) < 4.78 is 0. The van der Waals surface area contributed by atoms with Crippen molar-refractivity contribution in [2.75, 3.05) is 6.16 Å². The lowest BCUT2D eigenvalue weighted by Gasteiger charge is -2.23. The second-order valence-electron chi connectivity index (χ2n) is 14.5. The number of carbonyl (C=O) groups excluding carboxylic acids is 2. The Hall–Kier alpha value is -2.14. The van der Waals surface area contributed by atoms with Gasteiger partial charge in [-0.05, 0) is 120 Å². The SMILES string of the molecule is O=C1CCP2PC3CC2CC(=O)CCC2CC(CC2C1)C1C=Cc2c(cccc21)CCC=CCCc1cccc2c1C=CC23. The summed E-state index contributed by atoms with van der Waals surface area (Å²) in [4.78, 5) is 27.1. The molecule has 3 aliphatic heterocycles. The van der Waals surface area contributed by atoms with Crippen molar-refractivity contribution in [1.82, 2.24) is 0 Å². The fourth-order valence-corrected chi connectivity index (χ4v) is 17.3. The van der Waals surface area contributed by atoms with Crippen molar-refractivity contribution in [3.8, 4) is 0 Å². The number of ketones is 2. The summed E-state index contributed by atoms with van der Waals surface area (Å²) in [6, 6.07) is 13.9. The normalized spacial score (nSPS) is 35.3. The molecule has 2 nitrogen and oxygen atoms in total. The van der Waals surface area contributed by atoms with E-state index in [1.165, 1.54) is 46.2 Å². The van der Waals surface area contributed by atoms with Gasteiger partial charge in [0.25, 0.3) is 0 Å². The minimum atomic E-state index is -0.252. The van der Waals surface area contributed by atoms with Crippen LogP contribution in [0.3, 0.4) is 0 Å². The maximum atomic E-state index is 13.6. The van der Waals surface area contributed by atoms with Gasteiger partial charge in [0.15, 0.2) is 0 Å². The first kappa shape index (κ1) is 29.3. The first-order chi connectivity index (χ1) is 21.6. The van der Waals surface area contributed by atoms with Gasteiger partial charge in [-0.2, -0.15) is 0 Å². The standard InChI is InChI=1S/C40H46O2P2/c41-31-14-13-28-21-30-22-29(28)23-32(42)19-20-44-33(24-31)25-40(43-44)39-18-17-35-27(10-6-12-38(35)39)8-4-2-1-3-7-26-9-5-11-37-34(26)15-16-36(30)37/h1-2,5-6,9-12,15-18,28-30,33,36,39-40,43H,3-4,7-8,13-14,19-25H2. The fourth-order valence-electron chi connectivity index (χ4n) is 9.74. The molecular weight excluding hydrogens is 574 g/mol. The molecule has 228 valence electrons. The van der Waals surface area contributed by atoms with Crippen LogP contribution >= 0.6 is 15.9 Å². The summed E-state index contributed by atoms with van der Waals surface area (Å²) in [5.41, 5.74) is 10.0. The van der Waals surface area contributed by atoms with Gasteiger partial charge in [-0.25, -0.2) is 0 Å². The zero-order valence-corrected chi connectivity index (χ0v) is 27.8. The summed E-state index contributed by atoms with van der Waals surface area (Å²) in [6.07, 6.45) is 27.4. The van der Waals surface area contributed by atoms with Crippen molar-refractivity contribution >= 4 is 39.6 Å². The minimum Gasteiger partial charge on any atom is -0.300 e. The lowest BCUT2D eigenvalue weighted by Crippen LogP contribution is -2.19. The first-order valence-electron chi connectivity index (χ1n) is 17.4. The number of allylic oxidation sites excluding steroid dienone is 4. The first-order valence-corrected chi connectivity index (χ1v) is 20.9. The number of benzene rings is 2. The Morgan fingerprint density at radius 3 is 2.07 bits per heavy atom. The van der Waals surface area contributed by atoms with E-state index in [0.29, 0.717) is 52.5 Å². The third kappa shape index (κ3) is 5.69. The molecular formula is C40H46O2P2. The van der Waals surface area contributed by atoms with Crippen molar-refractivity contribution in [1.29, 1.82) is 0 Å². The quantitative estimate of drug-likeness (QED) is 0.217. The molecule has 0 amide bonds. The average molecular weight is 621 g/mol. The van der Waals surface area contributed by atoms with E-state index in [0.717, 1.165) is 78.6 Å². The van der Waals surface area contributed by atoms with Gasteiger partial charge in [-0.15, -0.1) is 0 Å². The van der Waals surface area contributed by atoms with E-state index >= 15 is 0 Å². The largest absolute Gasteiger partial charge is 0.300 e. The molecule has 4 heteroatoms. The van der Waals surface area contributed by atoms with E-state index in [1.807, 2.05) is 0 Å². The molecule has 4 aliphatic carbocycles. The van der Waals surface area contributed by atoms with Crippen LogP contribution in [0.15, 0.2) is 60.7 Å². The Morgan fingerprint density at radius 1 is 0.659 bits per heavy atom. The zero-order chi connectivity index (χ0) is 29.6. The predicted octanol–water partition coefficient (Wildman–Crippen LogP) is 10.0. The number of carbonyl (C=O) groups is 2. The van der Waals surface area contributed by atoms with Crippen LogP contribution in [-0.4, -0.2) is 29.0 Å². The van der Waals surface area contributed by atoms with Gasteiger partial charge >= 0.3 is 0 Å². The van der Waals surface area contributed by atoms with Gasteiger partial charge in [0.05, 0.1) is 0 Å². The molecule has 9 unspecified atom stereocenters. The molecule has 2 aromatic rings. The summed E-state index contributed by atoms with van der Waals surface area (Å²) in [5.74, 6) is 3.50. The molecule has 9 atom stereocenters. The lowest BCUT2D eigenvalue weighted by molar-refractivity contribution is -0.119. The molecule has 0 N–H and O–H groups in total. The summed E-state index contributed by atoms with van der Waals surface area (Å²) >= 11 is 0. The smallest absolute Gasteiger partial charge is 0.133 e. The Bertz CT molecular complexity index is 1420. The third-order valence-electron chi connectivity index (χ3n) is 11.9. The minimum absolute atomic E-state index is 0.252. The molecule has 2 saturated heterocycles. The van der Waals surface area contributed by atoms with Crippen molar-refractivity contribution in [2.45, 2.75) is 100 Å². The van der Waals surface area contributed by atoms with Crippen LogP contribution in [0.1, 0.15) is 109 Å². The number of aryl methyl sites for hydroxylation is 2. The molecule has 44 heavy (non-hydrogen) atoms. The second-order valence-corrected chi connectivity index (χ2v) is 20.1. The number of hydrogen-bond donors (Lipinski definition) is 0. The highest BCUT2D eigenvalue weighted by Crippen LogP contribution is 2.72. The molecule has 14 bridgehead atoms. The highest BCUT2D eigenvalue weighted by molar-refractivity contribution is 8.22. The summed E-state index contributed by atoms with van der Waals surface area (Å²) in [7, 11) is 0.663. The Kier molecular flexibility index (Phi) is 8.36. The van der Waals surface area contributed by atoms with Crippen LogP contribution in [0.4, 0.5) is 0 Å². The van der Waals surface area contributed by atoms with Crippen molar-refractivity contribution in [2.24, 2.45) is 17.8 Å². The van der Waals surface area contributed by atoms with Crippen LogP contribution in [0.5, 0.6) is 0 Å². The number of fused-ring (bicyclic) bond motifs is 10. The lowest BCUT2D eigenvalue weighted by atomic mass is 9.84. The Morgan fingerprint density at radius 2 is 1.32 bits per heavy atom. The van der Waals surface area contributed by atoms with Crippen LogP contribution in [0.25, 0.3) is 12.2 Å². The van der Waals surface area contributed by atoms with Crippen LogP contribution in [0.2, 0.25) is 0 Å². The average Bonchev–Trinajstić information content (AvgIpc) is 3.81. The second kappa shape index (κ2) is 12.6. The summed E-state index contributed by atoms with van der Waals surface area (Å²) in [6.45, 7) is 0. The fraction of sp³-hybridized carbons (Fsp3) is 0.500. The van der Waals surface area contributed by atoms with Crippen LogP contribution < -0.4 is 0 Å². The molecule has 2 aromatic carbocycles. The van der Waals surface area contributed by atoms with Crippen LogP contribution in [-0.2, 0) is 22.4 Å². The highest BCUT2D eigenvalue weighted by Gasteiger charge is 2.43. The van der Waals surface area contributed by atoms with Gasteiger partial charge in [0.2, 0.25) is 0 Å². The van der Waals surface area contributed by atoms with E-state index in [9.17, 15) is 9.59 Å². The van der Waals surface area contributed by atoms with Crippen LogP contribution in [0, 0.1) is 17.8 Å². The van der Waals surface area contributed by atoms with Gasteiger partial charge in [-0.1, -0.05) is 88.7 Å². The maximum Gasteiger partial charge on any atom is 0.133 e. The van der Waals surface area contributed by atoms with E-state index in [-0.39, 0.29) is 7.61 Å². The third-order valence-corrected chi connectivity index (χ3v) is 18.9. The highest BCUT2D eigenvalue weighted by atomic mass is 32.0. The number of hydrogen-bond acceptors (Lipinski definition) is 2. The Balaban J connectivity index is 1.12. The van der Waals surface area contributed by atoms with E-state index < -0.39 is 0 Å². The van der Waals surface area contributed by atoms with E-state index in [2.05, 4.69) is 72.9 Å². The molecule has 7 aliphatic rings. The van der Waals surface area contributed by atoms with Crippen molar-refractivity contribution in [3.63, 3.8) is 0 Å². The molecule has 9 rings (SSSR count). The molecule has 1 saturated carbocycles. The number of Topliss-reactive ketones (excluding diaryl/α,β-unsaturated/α-hetero) is 2.